The van der Waals surface area contributed by atoms with Crippen LogP contribution in [0.1, 0.15) is 20.7 Å². The molecule has 0 fully saturated rings. The molecule has 4 N–H and O–H groups in total. The standard InChI is InChI=1S/2C16H10F2N4O2S/c2*1-22-12-3-2-7(14(23)24)4-10(12)19-15(22)21-16-20-11-5-8(17)9(18)6-13(11)25-16/h2*2-6H,1H3,(H,23,24)(H,19,20,21). The van der Waals surface area contributed by atoms with Crippen LogP contribution in [-0.4, -0.2) is 51.2 Å². The van der Waals surface area contributed by atoms with Crippen molar-refractivity contribution in [3.63, 3.8) is 0 Å². The summed E-state index contributed by atoms with van der Waals surface area (Å²) in [5.74, 6) is -4.93. The van der Waals surface area contributed by atoms with Crippen LogP contribution in [0.4, 0.5) is 39.7 Å². The largest absolute Gasteiger partial charge is 0.478 e. The van der Waals surface area contributed by atoms with Crippen molar-refractivity contribution in [3.05, 3.63) is 95.1 Å². The highest BCUT2D eigenvalue weighted by Gasteiger charge is 2.16. The van der Waals surface area contributed by atoms with Gasteiger partial charge in [-0.3, -0.25) is 0 Å². The fourth-order valence-corrected chi connectivity index (χ4v) is 6.77. The number of carboxylic acids is 2. The van der Waals surface area contributed by atoms with Crippen LogP contribution in [0.3, 0.4) is 0 Å². The van der Waals surface area contributed by atoms with Crippen molar-refractivity contribution in [3.8, 4) is 0 Å². The molecule has 0 spiro atoms. The molecule has 12 nitrogen and oxygen atoms in total. The molecule has 4 aromatic heterocycles. The summed E-state index contributed by atoms with van der Waals surface area (Å²) in [7, 11) is 3.54. The number of carboxylic acid groups (broad SMARTS) is 2. The van der Waals surface area contributed by atoms with Gasteiger partial charge in [-0.05, 0) is 48.5 Å². The molecule has 4 heterocycles. The summed E-state index contributed by atoms with van der Waals surface area (Å²) in [6.07, 6.45) is 0. The molecule has 0 aliphatic heterocycles. The van der Waals surface area contributed by atoms with Crippen molar-refractivity contribution in [2.24, 2.45) is 14.1 Å². The molecule has 0 saturated carbocycles. The van der Waals surface area contributed by atoms with E-state index in [9.17, 15) is 27.2 Å². The van der Waals surface area contributed by atoms with E-state index in [1.807, 2.05) is 0 Å². The van der Waals surface area contributed by atoms with Crippen LogP contribution in [0.25, 0.3) is 42.5 Å². The molecule has 50 heavy (non-hydrogen) atoms. The molecule has 0 bridgehead atoms. The molecule has 8 aromatic rings. The fourth-order valence-electron chi connectivity index (χ4n) is 5.03. The van der Waals surface area contributed by atoms with Gasteiger partial charge in [0.2, 0.25) is 11.9 Å². The molecule has 0 saturated heterocycles. The predicted molar refractivity (Wildman–Crippen MR) is 181 cm³/mol. The zero-order valence-corrected chi connectivity index (χ0v) is 27.1. The normalized spacial score (nSPS) is 11.3. The Hall–Kier alpha value is -6.14. The topological polar surface area (TPSA) is 160 Å². The molecule has 0 atom stereocenters. The lowest BCUT2D eigenvalue weighted by Crippen LogP contribution is -1.98. The van der Waals surface area contributed by atoms with Gasteiger partial charge in [0.05, 0.1) is 53.6 Å². The van der Waals surface area contributed by atoms with Crippen LogP contribution in [-0.2, 0) is 14.1 Å². The second-order valence-electron chi connectivity index (χ2n) is 10.8. The number of hydrogen-bond acceptors (Lipinski definition) is 10. The molecule has 4 aromatic carbocycles. The van der Waals surface area contributed by atoms with Gasteiger partial charge in [0, 0.05) is 26.2 Å². The van der Waals surface area contributed by atoms with Crippen LogP contribution in [0, 0.1) is 23.3 Å². The predicted octanol–water partition coefficient (Wildman–Crippen LogP) is 7.81. The number of rotatable bonds is 6. The van der Waals surface area contributed by atoms with Crippen molar-refractivity contribution in [2.45, 2.75) is 0 Å². The summed E-state index contributed by atoms with van der Waals surface area (Å²) in [4.78, 5) is 39.3. The van der Waals surface area contributed by atoms with E-state index < -0.39 is 35.2 Å². The maximum atomic E-state index is 13.3. The minimum atomic E-state index is -1.03. The number of thiazole rings is 2. The van der Waals surface area contributed by atoms with Crippen molar-refractivity contribution in [1.29, 1.82) is 0 Å². The summed E-state index contributed by atoms with van der Waals surface area (Å²) in [5.41, 5.74) is 3.49. The highest BCUT2D eigenvalue weighted by atomic mass is 32.1. The van der Waals surface area contributed by atoms with Crippen molar-refractivity contribution >= 4 is 99.3 Å². The zero-order valence-electron chi connectivity index (χ0n) is 25.5. The molecule has 0 radical (unpaired) electrons. The van der Waals surface area contributed by atoms with Gasteiger partial charge in [0.1, 0.15) is 0 Å². The van der Waals surface area contributed by atoms with Crippen LogP contribution in [0.15, 0.2) is 60.7 Å². The lowest BCUT2D eigenvalue weighted by Gasteiger charge is -2.02. The Morgan fingerprint density at radius 3 is 1.34 bits per heavy atom. The second kappa shape index (κ2) is 12.4. The number of anilines is 4. The van der Waals surface area contributed by atoms with E-state index >= 15 is 0 Å². The molecular formula is C32H20F4N8O4S2. The third-order valence-electron chi connectivity index (χ3n) is 7.55. The van der Waals surface area contributed by atoms with E-state index in [0.29, 0.717) is 53.6 Å². The summed E-state index contributed by atoms with van der Waals surface area (Å²) >= 11 is 2.33. The number of halogens is 4. The maximum Gasteiger partial charge on any atom is 0.335 e. The van der Waals surface area contributed by atoms with Gasteiger partial charge in [-0.1, -0.05) is 22.7 Å². The molecular weight excluding hydrogens is 701 g/mol. The Morgan fingerprint density at radius 2 is 0.960 bits per heavy atom. The number of fused-ring (bicyclic) bond motifs is 4. The Morgan fingerprint density at radius 1 is 0.580 bits per heavy atom. The Kier molecular flexibility index (Phi) is 8.03. The lowest BCUT2D eigenvalue weighted by atomic mass is 10.2. The van der Waals surface area contributed by atoms with Crippen LogP contribution in [0.2, 0.25) is 0 Å². The summed E-state index contributed by atoms with van der Waals surface area (Å²) in [6.45, 7) is 0. The minimum Gasteiger partial charge on any atom is -0.478 e. The SMILES string of the molecule is Cn1c(Nc2nc3cc(F)c(F)cc3s2)nc2cc(C(=O)O)ccc21.Cn1c(Nc2nc3cc(F)c(F)cc3s2)nc2cc(C(=O)O)ccc21. The average molecular weight is 721 g/mol. The first-order valence-electron chi connectivity index (χ1n) is 14.3. The van der Waals surface area contributed by atoms with E-state index in [-0.39, 0.29) is 11.1 Å². The van der Waals surface area contributed by atoms with E-state index in [4.69, 9.17) is 10.2 Å². The third kappa shape index (κ3) is 6.01. The summed E-state index contributed by atoms with van der Waals surface area (Å²) in [5, 5.41) is 25.0. The Labute approximate surface area is 284 Å². The molecule has 0 aliphatic rings. The van der Waals surface area contributed by atoms with Crippen LogP contribution in [0.5, 0.6) is 0 Å². The Bertz CT molecular complexity index is 2410. The van der Waals surface area contributed by atoms with E-state index in [0.717, 1.165) is 35.3 Å². The van der Waals surface area contributed by atoms with Crippen LogP contribution < -0.4 is 10.6 Å². The van der Waals surface area contributed by atoms with Crippen LogP contribution >= 0.6 is 22.7 Å². The Balaban J connectivity index is 0.000000157. The number of nitrogens with one attached hydrogen (secondary N) is 2. The zero-order chi connectivity index (χ0) is 35.4. The third-order valence-corrected chi connectivity index (χ3v) is 9.42. The molecule has 0 aliphatic carbocycles. The first-order valence-corrected chi connectivity index (χ1v) is 15.9. The fraction of sp³-hybridized carbons (Fsp3) is 0.0625. The second-order valence-corrected chi connectivity index (χ2v) is 12.8. The van der Waals surface area contributed by atoms with Gasteiger partial charge in [0.15, 0.2) is 33.5 Å². The van der Waals surface area contributed by atoms with Gasteiger partial charge in [0.25, 0.3) is 0 Å². The van der Waals surface area contributed by atoms with E-state index in [1.165, 1.54) is 46.9 Å². The number of benzene rings is 4. The molecule has 0 amide bonds. The molecule has 252 valence electrons. The van der Waals surface area contributed by atoms with E-state index in [2.05, 4.69) is 30.6 Å². The highest BCUT2D eigenvalue weighted by molar-refractivity contribution is 7.22. The number of hydrogen-bond donors (Lipinski definition) is 4. The van der Waals surface area contributed by atoms with Gasteiger partial charge in [-0.2, -0.15) is 0 Å². The quantitative estimate of drug-likeness (QED) is 0.125. The number of aryl methyl sites for hydroxylation is 2. The van der Waals surface area contributed by atoms with Gasteiger partial charge >= 0.3 is 11.9 Å². The molecule has 18 heteroatoms. The maximum absolute atomic E-state index is 13.3. The van der Waals surface area contributed by atoms with Gasteiger partial charge in [-0.15, -0.1) is 0 Å². The number of nitrogens with zero attached hydrogens (tertiary/aromatic N) is 6. The van der Waals surface area contributed by atoms with Crippen molar-refractivity contribution in [1.82, 2.24) is 29.1 Å². The first-order chi connectivity index (χ1) is 23.8. The number of aromatic nitrogens is 6. The smallest absolute Gasteiger partial charge is 0.335 e. The average Bonchev–Trinajstić information content (AvgIpc) is 3.81. The molecule has 0 unspecified atom stereocenters. The number of carbonyl (C=O) groups is 2. The molecule has 8 rings (SSSR count). The summed E-state index contributed by atoms with van der Waals surface area (Å²) in [6, 6.07) is 13.6. The lowest BCUT2D eigenvalue weighted by molar-refractivity contribution is 0.0686. The van der Waals surface area contributed by atoms with Gasteiger partial charge in [-0.25, -0.2) is 47.1 Å². The number of aromatic carboxylic acids is 2. The van der Waals surface area contributed by atoms with Crippen molar-refractivity contribution < 1.29 is 37.4 Å². The summed E-state index contributed by atoms with van der Waals surface area (Å²) < 4.78 is 57.7. The highest BCUT2D eigenvalue weighted by Crippen LogP contribution is 2.32. The van der Waals surface area contributed by atoms with Crippen molar-refractivity contribution in [2.75, 3.05) is 10.6 Å². The van der Waals surface area contributed by atoms with Gasteiger partial charge < -0.3 is 30.0 Å². The van der Waals surface area contributed by atoms with E-state index in [1.54, 1.807) is 35.4 Å². The number of imidazole rings is 2. The minimum absolute atomic E-state index is 0.142. The first kappa shape index (κ1) is 32.4. The monoisotopic (exact) mass is 720 g/mol.